The van der Waals surface area contributed by atoms with E-state index in [-0.39, 0.29) is 11.7 Å². The van der Waals surface area contributed by atoms with Gasteiger partial charge < -0.3 is 16.8 Å². The first-order valence-corrected chi connectivity index (χ1v) is 12.2. The third-order valence-electron chi connectivity index (χ3n) is 6.00. The van der Waals surface area contributed by atoms with Crippen molar-refractivity contribution in [2.45, 2.75) is 12.8 Å². The Hall–Kier alpha value is -4.71. The molecule has 0 saturated carbocycles. The molecule has 0 aromatic heterocycles. The van der Waals surface area contributed by atoms with Gasteiger partial charge in [0.05, 0.1) is 6.42 Å². The monoisotopic (exact) mass is 490 g/mol. The SMILES string of the molecule is NC(=O)c1ccccc1C(N)=NCCCNC(=O)Cc1cccc(-c2cccc(-c3ccccc3)c2)c1. The summed E-state index contributed by atoms with van der Waals surface area (Å²) in [5.41, 5.74) is 17.8. The van der Waals surface area contributed by atoms with Crippen LogP contribution in [0, 0.1) is 0 Å². The highest BCUT2D eigenvalue weighted by Crippen LogP contribution is 2.27. The molecule has 37 heavy (non-hydrogen) atoms. The van der Waals surface area contributed by atoms with Crippen LogP contribution in [0.25, 0.3) is 22.3 Å². The van der Waals surface area contributed by atoms with Crippen molar-refractivity contribution in [3.63, 3.8) is 0 Å². The number of benzene rings is 4. The van der Waals surface area contributed by atoms with Crippen LogP contribution in [0.5, 0.6) is 0 Å². The smallest absolute Gasteiger partial charge is 0.249 e. The average molecular weight is 491 g/mol. The van der Waals surface area contributed by atoms with Crippen LogP contribution in [0.4, 0.5) is 0 Å². The van der Waals surface area contributed by atoms with Crippen molar-refractivity contribution in [1.29, 1.82) is 0 Å². The number of nitrogens with one attached hydrogen (secondary N) is 1. The molecule has 186 valence electrons. The Bertz CT molecular complexity index is 1410. The van der Waals surface area contributed by atoms with Crippen LogP contribution in [0.3, 0.4) is 0 Å². The van der Waals surface area contributed by atoms with Crippen LogP contribution in [-0.4, -0.2) is 30.7 Å². The first-order valence-electron chi connectivity index (χ1n) is 12.2. The molecule has 4 rings (SSSR count). The molecule has 6 heteroatoms. The van der Waals surface area contributed by atoms with Crippen LogP contribution in [0.1, 0.15) is 27.9 Å². The topological polar surface area (TPSA) is 111 Å². The van der Waals surface area contributed by atoms with Gasteiger partial charge in [0.15, 0.2) is 0 Å². The zero-order chi connectivity index (χ0) is 26.0. The average Bonchev–Trinajstić information content (AvgIpc) is 2.93. The number of primary amides is 1. The normalized spacial score (nSPS) is 11.2. The highest BCUT2D eigenvalue weighted by molar-refractivity contribution is 6.08. The third-order valence-corrected chi connectivity index (χ3v) is 6.00. The van der Waals surface area contributed by atoms with Crippen molar-refractivity contribution in [2.75, 3.05) is 13.1 Å². The second kappa shape index (κ2) is 12.3. The van der Waals surface area contributed by atoms with E-state index in [2.05, 4.69) is 58.8 Å². The largest absolute Gasteiger partial charge is 0.383 e. The van der Waals surface area contributed by atoms with Crippen molar-refractivity contribution in [3.8, 4) is 22.3 Å². The summed E-state index contributed by atoms with van der Waals surface area (Å²) in [5.74, 6) is -0.339. The predicted octanol–water partition coefficient (Wildman–Crippen LogP) is 4.57. The number of hydrogen-bond donors (Lipinski definition) is 3. The maximum absolute atomic E-state index is 12.5. The van der Waals surface area contributed by atoms with E-state index in [1.54, 1.807) is 24.3 Å². The van der Waals surface area contributed by atoms with Crippen LogP contribution < -0.4 is 16.8 Å². The van der Waals surface area contributed by atoms with Gasteiger partial charge in [-0.3, -0.25) is 14.6 Å². The molecule has 0 heterocycles. The number of hydrogen-bond acceptors (Lipinski definition) is 3. The lowest BCUT2D eigenvalue weighted by molar-refractivity contribution is -0.120. The molecule has 0 aliphatic heterocycles. The van der Waals surface area contributed by atoms with Crippen molar-refractivity contribution in [1.82, 2.24) is 5.32 Å². The lowest BCUT2D eigenvalue weighted by atomic mass is 9.97. The van der Waals surface area contributed by atoms with Crippen LogP contribution in [-0.2, 0) is 11.2 Å². The van der Waals surface area contributed by atoms with Crippen molar-refractivity contribution < 1.29 is 9.59 Å². The van der Waals surface area contributed by atoms with E-state index in [4.69, 9.17) is 11.5 Å². The van der Waals surface area contributed by atoms with Gasteiger partial charge in [0.1, 0.15) is 5.84 Å². The quantitative estimate of drug-likeness (QED) is 0.172. The minimum absolute atomic E-state index is 0.0498. The fourth-order valence-corrected chi connectivity index (χ4v) is 4.13. The Kier molecular flexibility index (Phi) is 8.45. The van der Waals surface area contributed by atoms with Crippen LogP contribution in [0.15, 0.2) is 108 Å². The van der Waals surface area contributed by atoms with Gasteiger partial charge in [-0.15, -0.1) is 0 Å². The summed E-state index contributed by atoms with van der Waals surface area (Å²) >= 11 is 0. The Morgan fingerprint density at radius 3 is 2.00 bits per heavy atom. The zero-order valence-electron chi connectivity index (χ0n) is 20.6. The van der Waals surface area contributed by atoms with Gasteiger partial charge in [0, 0.05) is 24.2 Å². The Balaban J connectivity index is 1.30. The lowest BCUT2D eigenvalue weighted by Crippen LogP contribution is -2.27. The fraction of sp³-hybridized carbons (Fsp3) is 0.129. The molecule has 0 aliphatic rings. The van der Waals surface area contributed by atoms with Crippen LogP contribution >= 0.6 is 0 Å². The van der Waals surface area contributed by atoms with Gasteiger partial charge in [-0.25, -0.2) is 0 Å². The molecule has 6 nitrogen and oxygen atoms in total. The first-order chi connectivity index (χ1) is 18.0. The minimum atomic E-state index is -0.547. The molecule has 4 aromatic rings. The third kappa shape index (κ3) is 6.92. The number of amidine groups is 1. The number of nitrogens with zero attached hydrogens (tertiary/aromatic N) is 1. The van der Waals surface area contributed by atoms with Gasteiger partial charge in [-0.2, -0.15) is 0 Å². The molecule has 0 unspecified atom stereocenters. The van der Waals surface area contributed by atoms with Crippen molar-refractivity contribution in [3.05, 3.63) is 120 Å². The molecule has 0 fully saturated rings. The summed E-state index contributed by atoms with van der Waals surface area (Å²) in [6, 6.07) is 33.6. The first kappa shape index (κ1) is 25.4. The summed E-state index contributed by atoms with van der Waals surface area (Å²) in [7, 11) is 0. The number of carbonyl (C=O) groups excluding carboxylic acids is 2. The lowest BCUT2D eigenvalue weighted by Gasteiger charge is -2.09. The Morgan fingerprint density at radius 1 is 0.676 bits per heavy atom. The van der Waals surface area contributed by atoms with E-state index < -0.39 is 5.91 Å². The summed E-state index contributed by atoms with van der Waals surface area (Å²) < 4.78 is 0. The maximum atomic E-state index is 12.5. The van der Waals surface area contributed by atoms with E-state index in [0.29, 0.717) is 37.1 Å². The number of amides is 2. The van der Waals surface area contributed by atoms with E-state index in [1.165, 1.54) is 5.56 Å². The molecule has 5 N–H and O–H groups in total. The van der Waals surface area contributed by atoms with Gasteiger partial charge in [-0.1, -0.05) is 91.0 Å². The number of rotatable bonds is 10. The summed E-state index contributed by atoms with van der Waals surface area (Å²) in [5, 5.41) is 2.94. The molecule has 0 aliphatic carbocycles. The number of aliphatic imine (C=N–C) groups is 1. The van der Waals surface area contributed by atoms with Crippen molar-refractivity contribution >= 4 is 17.6 Å². The highest BCUT2D eigenvalue weighted by atomic mass is 16.1. The van der Waals surface area contributed by atoms with Crippen molar-refractivity contribution in [2.24, 2.45) is 16.5 Å². The predicted molar refractivity (Wildman–Crippen MR) is 149 cm³/mol. The maximum Gasteiger partial charge on any atom is 0.249 e. The molecule has 0 atom stereocenters. The molecular formula is C31H30N4O2. The second-order valence-electron chi connectivity index (χ2n) is 8.70. The standard InChI is InChI=1S/C31H30N4O2/c32-30(27-15-4-5-16-28(27)31(33)37)35-18-8-17-34-29(36)20-22-9-6-12-24(19-22)26-14-7-13-25(21-26)23-10-2-1-3-11-23/h1-7,9-16,19,21H,8,17-18,20H2,(H2,32,35)(H2,33,37)(H,34,36). The van der Waals surface area contributed by atoms with Gasteiger partial charge in [0.2, 0.25) is 11.8 Å². The molecule has 0 saturated heterocycles. The van der Waals surface area contributed by atoms with Gasteiger partial charge in [0.25, 0.3) is 0 Å². The molecule has 2 amide bonds. The summed E-state index contributed by atoms with van der Waals surface area (Å²) in [6.45, 7) is 0.901. The Morgan fingerprint density at radius 2 is 1.27 bits per heavy atom. The fourth-order valence-electron chi connectivity index (χ4n) is 4.13. The zero-order valence-corrected chi connectivity index (χ0v) is 20.6. The van der Waals surface area contributed by atoms with Gasteiger partial charge in [-0.05, 0) is 46.4 Å². The van der Waals surface area contributed by atoms with Gasteiger partial charge >= 0.3 is 0 Å². The van der Waals surface area contributed by atoms with E-state index in [1.807, 2.05) is 30.3 Å². The number of carbonyl (C=O) groups is 2. The van der Waals surface area contributed by atoms with Crippen LogP contribution in [0.2, 0.25) is 0 Å². The van der Waals surface area contributed by atoms with E-state index >= 15 is 0 Å². The molecule has 0 bridgehead atoms. The molecule has 0 spiro atoms. The molecule has 0 radical (unpaired) electrons. The summed E-state index contributed by atoms with van der Waals surface area (Å²) in [6.07, 6.45) is 0.918. The molecular weight excluding hydrogens is 460 g/mol. The minimum Gasteiger partial charge on any atom is -0.383 e. The molecule has 4 aromatic carbocycles. The summed E-state index contributed by atoms with van der Waals surface area (Å²) in [4.78, 5) is 28.4. The second-order valence-corrected chi connectivity index (χ2v) is 8.70. The highest BCUT2D eigenvalue weighted by Gasteiger charge is 2.10. The van der Waals surface area contributed by atoms with E-state index in [0.717, 1.165) is 22.3 Å². The number of nitrogens with two attached hydrogens (primary N) is 2. The Labute approximate surface area is 217 Å². The van der Waals surface area contributed by atoms with E-state index in [9.17, 15) is 9.59 Å².